The van der Waals surface area contributed by atoms with Crippen LogP contribution in [0.25, 0.3) is 0 Å². The molecule has 1 aromatic carbocycles. The lowest BCUT2D eigenvalue weighted by Crippen LogP contribution is -2.42. The first-order valence-corrected chi connectivity index (χ1v) is 11.2. The molecular weight excluding hydrogens is 408 g/mol. The monoisotopic (exact) mass is 432 g/mol. The van der Waals surface area contributed by atoms with Crippen molar-refractivity contribution in [3.05, 3.63) is 84.3 Å². The maximum Gasteiger partial charge on any atom is 0.253 e. The van der Waals surface area contributed by atoms with Gasteiger partial charge in [-0.1, -0.05) is 23.9 Å². The van der Waals surface area contributed by atoms with Crippen molar-refractivity contribution in [2.75, 3.05) is 13.1 Å². The second kappa shape index (κ2) is 10.2. The number of nitrogens with one attached hydrogen (secondary N) is 1. The molecule has 3 heterocycles. The van der Waals surface area contributed by atoms with E-state index in [2.05, 4.69) is 15.3 Å². The number of likely N-dealkylation sites (tertiary alicyclic amines) is 1. The smallest absolute Gasteiger partial charge is 0.253 e. The number of hydrogen-bond donors (Lipinski definition) is 1. The molecule has 6 nitrogen and oxygen atoms in total. The highest BCUT2D eigenvalue weighted by molar-refractivity contribution is 7.99. The summed E-state index contributed by atoms with van der Waals surface area (Å²) in [7, 11) is 0. The molecule has 0 radical (unpaired) electrons. The van der Waals surface area contributed by atoms with Gasteiger partial charge in [0.25, 0.3) is 5.91 Å². The molecule has 1 aliphatic heterocycles. The van der Waals surface area contributed by atoms with Gasteiger partial charge in [-0.2, -0.15) is 0 Å². The Morgan fingerprint density at radius 3 is 2.48 bits per heavy atom. The maximum atomic E-state index is 12.9. The van der Waals surface area contributed by atoms with Gasteiger partial charge in [0.15, 0.2) is 0 Å². The number of hydrogen-bond acceptors (Lipinski definition) is 5. The zero-order chi connectivity index (χ0) is 21.5. The van der Waals surface area contributed by atoms with Gasteiger partial charge in [0.2, 0.25) is 5.91 Å². The average Bonchev–Trinajstić information content (AvgIpc) is 2.84. The maximum absolute atomic E-state index is 12.9. The first-order valence-electron chi connectivity index (χ1n) is 10.3. The molecule has 0 bridgehead atoms. The minimum atomic E-state index is -0.0575. The van der Waals surface area contributed by atoms with Crippen molar-refractivity contribution in [1.29, 1.82) is 0 Å². The minimum absolute atomic E-state index is 0.0172. The SMILES string of the molecule is O=C(NCc1cccnc1)C1CCN(C(=O)c2ccc(Sc3ccccn3)cc2)CC1. The summed E-state index contributed by atoms with van der Waals surface area (Å²) in [6.07, 6.45) is 6.59. The summed E-state index contributed by atoms with van der Waals surface area (Å²) < 4.78 is 0. The van der Waals surface area contributed by atoms with Crippen LogP contribution in [0.15, 0.2) is 83.1 Å². The summed E-state index contributed by atoms with van der Waals surface area (Å²) in [6, 6.07) is 17.2. The van der Waals surface area contributed by atoms with Crippen LogP contribution in [0.1, 0.15) is 28.8 Å². The molecule has 3 aromatic rings. The molecule has 4 rings (SSSR count). The second-order valence-electron chi connectivity index (χ2n) is 7.44. The van der Waals surface area contributed by atoms with Crippen molar-refractivity contribution in [2.45, 2.75) is 29.3 Å². The Labute approximate surface area is 186 Å². The molecule has 0 saturated carbocycles. The van der Waals surface area contributed by atoms with E-state index in [0.29, 0.717) is 38.0 Å². The van der Waals surface area contributed by atoms with Gasteiger partial charge in [0, 0.05) is 54.6 Å². The van der Waals surface area contributed by atoms with Crippen LogP contribution in [0.3, 0.4) is 0 Å². The third-order valence-corrected chi connectivity index (χ3v) is 6.26. The van der Waals surface area contributed by atoms with Crippen molar-refractivity contribution >= 4 is 23.6 Å². The van der Waals surface area contributed by atoms with Crippen LogP contribution in [0.2, 0.25) is 0 Å². The predicted molar refractivity (Wildman–Crippen MR) is 120 cm³/mol. The molecule has 2 amide bonds. The Bertz CT molecular complexity index is 1000. The normalized spacial score (nSPS) is 14.3. The molecule has 1 fully saturated rings. The van der Waals surface area contributed by atoms with Crippen LogP contribution in [-0.4, -0.2) is 39.8 Å². The number of carbonyl (C=O) groups excluding carboxylic acids is 2. The molecule has 0 atom stereocenters. The van der Waals surface area contributed by atoms with Crippen LogP contribution in [0.5, 0.6) is 0 Å². The van der Waals surface area contributed by atoms with Gasteiger partial charge in [-0.25, -0.2) is 4.98 Å². The Morgan fingerprint density at radius 1 is 1.00 bits per heavy atom. The summed E-state index contributed by atoms with van der Waals surface area (Å²) >= 11 is 1.57. The van der Waals surface area contributed by atoms with E-state index in [9.17, 15) is 9.59 Å². The van der Waals surface area contributed by atoms with Crippen molar-refractivity contribution < 1.29 is 9.59 Å². The van der Waals surface area contributed by atoms with Gasteiger partial charge in [0.05, 0.1) is 0 Å². The largest absolute Gasteiger partial charge is 0.352 e. The number of benzene rings is 1. The summed E-state index contributed by atoms with van der Waals surface area (Å²) in [5.41, 5.74) is 1.65. The Balaban J connectivity index is 1.26. The molecular formula is C24H24N4O2S. The molecule has 1 saturated heterocycles. The lowest BCUT2D eigenvalue weighted by molar-refractivity contribution is -0.126. The Hall–Kier alpha value is -3.19. The molecule has 158 valence electrons. The standard InChI is InChI=1S/C24H24N4O2S/c29-23(27-17-18-4-3-12-25-16-18)19-10-14-28(15-11-19)24(30)20-6-8-21(9-7-20)31-22-5-1-2-13-26-22/h1-9,12-13,16,19H,10-11,14-15,17H2,(H,27,29). The van der Waals surface area contributed by atoms with Crippen molar-refractivity contribution in [3.63, 3.8) is 0 Å². The third kappa shape index (κ3) is 5.70. The van der Waals surface area contributed by atoms with Crippen LogP contribution in [0.4, 0.5) is 0 Å². The summed E-state index contributed by atoms with van der Waals surface area (Å²) in [5.74, 6) is 0.00771. The molecule has 0 aliphatic carbocycles. The summed E-state index contributed by atoms with van der Waals surface area (Å²) in [5, 5.41) is 3.90. The fourth-order valence-electron chi connectivity index (χ4n) is 3.56. The predicted octanol–water partition coefficient (Wildman–Crippen LogP) is 3.80. The Kier molecular flexibility index (Phi) is 6.94. The lowest BCUT2D eigenvalue weighted by atomic mass is 9.95. The van der Waals surface area contributed by atoms with E-state index in [4.69, 9.17) is 0 Å². The van der Waals surface area contributed by atoms with Crippen LogP contribution in [0, 0.1) is 5.92 Å². The van der Waals surface area contributed by atoms with Crippen molar-refractivity contribution in [3.8, 4) is 0 Å². The fraction of sp³-hybridized carbons (Fsp3) is 0.250. The van der Waals surface area contributed by atoms with E-state index in [1.165, 1.54) is 0 Å². The first kappa shape index (κ1) is 21.1. The van der Waals surface area contributed by atoms with Gasteiger partial charge in [-0.05, 0) is 60.9 Å². The highest BCUT2D eigenvalue weighted by atomic mass is 32.2. The number of amides is 2. The van der Waals surface area contributed by atoms with Crippen LogP contribution >= 0.6 is 11.8 Å². The van der Waals surface area contributed by atoms with Gasteiger partial charge in [-0.15, -0.1) is 0 Å². The second-order valence-corrected chi connectivity index (χ2v) is 8.53. The highest BCUT2D eigenvalue weighted by Crippen LogP contribution is 2.26. The molecule has 1 N–H and O–H groups in total. The van der Waals surface area contributed by atoms with E-state index in [1.807, 2.05) is 59.5 Å². The number of pyridine rings is 2. The van der Waals surface area contributed by atoms with Crippen molar-refractivity contribution in [2.24, 2.45) is 5.92 Å². The molecule has 0 unspecified atom stereocenters. The van der Waals surface area contributed by atoms with Crippen LogP contribution in [-0.2, 0) is 11.3 Å². The lowest BCUT2D eigenvalue weighted by Gasteiger charge is -2.31. The van der Waals surface area contributed by atoms with E-state index >= 15 is 0 Å². The molecule has 7 heteroatoms. The molecule has 31 heavy (non-hydrogen) atoms. The summed E-state index contributed by atoms with van der Waals surface area (Å²) in [6.45, 7) is 1.66. The highest BCUT2D eigenvalue weighted by Gasteiger charge is 2.27. The van der Waals surface area contributed by atoms with Crippen LogP contribution < -0.4 is 5.32 Å². The van der Waals surface area contributed by atoms with Crippen molar-refractivity contribution in [1.82, 2.24) is 20.2 Å². The Morgan fingerprint density at radius 2 is 1.81 bits per heavy atom. The molecule has 2 aromatic heterocycles. The zero-order valence-electron chi connectivity index (χ0n) is 17.1. The molecule has 1 aliphatic rings. The fourth-order valence-corrected chi connectivity index (χ4v) is 4.33. The van der Waals surface area contributed by atoms with E-state index in [0.717, 1.165) is 15.5 Å². The van der Waals surface area contributed by atoms with Gasteiger partial charge in [0.1, 0.15) is 5.03 Å². The topological polar surface area (TPSA) is 75.2 Å². The minimum Gasteiger partial charge on any atom is -0.352 e. The molecule has 0 spiro atoms. The number of piperidine rings is 1. The van der Waals surface area contributed by atoms with Gasteiger partial charge < -0.3 is 10.2 Å². The number of aromatic nitrogens is 2. The number of rotatable bonds is 6. The van der Waals surface area contributed by atoms with E-state index in [-0.39, 0.29) is 17.7 Å². The van der Waals surface area contributed by atoms with E-state index in [1.54, 1.807) is 30.4 Å². The third-order valence-electron chi connectivity index (χ3n) is 5.30. The average molecular weight is 433 g/mol. The van der Waals surface area contributed by atoms with Gasteiger partial charge in [-0.3, -0.25) is 14.6 Å². The zero-order valence-corrected chi connectivity index (χ0v) is 17.9. The first-order chi connectivity index (χ1) is 15.2. The summed E-state index contributed by atoms with van der Waals surface area (Å²) in [4.78, 5) is 36.6. The number of carbonyl (C=O) groups is 2. The quantitative estimate of drug-likeness (QED) is 0.641. The van der Waals surface area contributed by atoms with E-state index < -0.39 is 0 Å². The van der Waals surface area contributed by atoms with Gasteiger partial charge >= 0.3 is 0 Å². The number of nitrogens with zero attached hydrogens (tertiary/aromatic N) is 3.